The largest absolute Gasteiger partial charge is 0.314 e. The van der Waals surface area contributed by atoms with Crippen molar-refractivity contribution in [3.63, 3.8) is 0 Å². The van der Waals surface area contributed by atoms with Gasteiger partial charge in [0.25, 0.3) is 0 Å². The molecule has 1 unspecified atom stereocenters. The van der Waals surface area contributed by atoms with Crippen molar-refractivity contribution in [2.75, 3.05) is 19.6 Å². The van der Waals surface area contributed by atoms with Crippen molar-refractivity contribution in [2.24, 2.45) is 5.92 Å². The van der Waals surface area contributed by atoms with Crippen molar-refractivity contribution in [3.8, 4) is 0 Å². The first kappa shape index (κ1) is 14.5. The van der Waals surface area contributed by atoms with Gasteiger partial charge in [-0.15, -0.1) is 0 Å². The second kappa shape index (κ2) is 7.06. The zero-order valence-electron chi connectivity index (χ0n) is 12.6. The van der Waals surface area contributed by atoms with Gasteiger partial charge in [0.15, 0.2) is 0 Å². The van der Waals surface area contributed by atoms with Gasteiger partial charge in [0, 0.05) is 31.9 Å². The van der Waals surface area contributed by atoms with Crippen LogP contribution < -0.4 is 5.32 Å². The lowest BCUT2D eigenvalue weighted by atomic mass is 9.97. The van der Waals surface area contributed by atoms with Crippen molar-refractivity contribution >= 4 is 0 Å². The van der Waals surface area contributed by atoms with Crippen molar-refractivity contribution < 1.29 is 0 Å². The Kier molecular flexibility index (Phi) is 5.40. The SMILES string of the molecule is CCn1nccc1CN1CCCC(CNC(C)C)C1. The summed E-state index contributed by atoms with van der Waals surface area (Å²) in [5.74, 6) is 0.800. The van der Waals surface area contributed by atoms with E-state index in [1.807, 2.05) is 6.20 Å². The number of nitrogens with one attached hydrogen (secondary N) is 1. The van der Waals surface area contributed by atoms with Gasteiger partial charge >= 0.3 is 0 Å². The summed E-state index contributed by atoms with van der Waals surface area (Å²) in [7, 11) is 0. The van der Waals surface area contributed by atoms with Crippen LogP contribution >= 0.6 is 0 Å². The summed E-state index contributed by atoms with van der Waals surface area (Å²) in [6, 6.07) is 2.75. The monoisotopic (exact) mass is 264 g/mol. The van der Waals surface area contributed by atoms with E-state index in [0.29, 0.717) is 6.04 Å². The molecule has 0 radical (unpaired) electrons. The molecule has 0 bridgehead atoms. The molecule has 1 N–H and O–H groups in total. The van der Waals surface area contributed by atoms with Gasteiger partial charge in [0.2, 0.25) is 0 Å². The van der Waals surface area contributed by atoms with Gasteiger partial charge in [-0.3, -0.25) is 9.58 Å². The first-order chi connectivity index (χ1) is 9.19. The third-order valence-electron chi connectivity index (χ3n) is 3.91. The van der Waals surface area contributed by atoms with Crippen LogP contribution in [0.5, 0.6) is 0 Å². The molecule has 0 aliphatic carbocycles. The third kappa shape index (κ3) is 4.32. The molecule has 1 atom stereocenters. The third-order valence-corrected chi connectivity index (χ3v) is 3.91. The summed E-state index contributed by atoms with van der Waals surface area (Å²) in [5.41, 5.74) is 1.35. The highest BCUT2D eigenvalue weighted by Crippen LogP contribution is 2.18. The zero-order chi connectivity index (χ0) is 13.7. The summed E-state index contributed by atoms with van der Waals surface area (Å²) in [4.78, 5) is 2.58. The fourth-order valence-corrected chi connectivity index (χ4v) is 2.87. The molecule has 4 heteroatoms. The Labute approximate surface area is 117 Å². The van der Waals surface area contributed by atoms with Gasteiger partial charge in [-0.1, -0.05) is 13.8 Å². The minimum atomic E-state index is 0.594. The Morgan fingerprint density at radius 1 is 1.47 bits per heavy atom. The Morgan fingerprint density at radius 2 is 2.32 bits per heavy atom. The molecule has 2 heterocycles. The average Bonchev–Trinajstić information content (AvgIpc) is 2.84. The molecular formula is C15H28N4. The zero-order valence-corrected chi connectivity index (χ0v) is 12.6. The lowest BCUT2D eigenvalue weighted by Crippen LogP contribution is -2.40. The molecule has 0 spiro atoms. The van der Waals surface area contributed by atoms with E-state index in [4.69, 9.17) is 0 Å². The Morgan fingerprint density at radius 3 is 3.05 bits per heavy atom. The average molecular weight is 264 g/mol. The maximum absolute atomic E-state index is 4.36. The molecular weight excluding hydrogens is 236 g/mol. The van der Waals surface area contributed by atoms with E-state index in [0.717, 1.165) is 25.6 Å². The number of rotatable bonds is 6. The van der Waals surface area contributed by atoms with Crippen LogP contribution in [0.3, 0.4) is 0 Å². The van der Waals surface area contributed by atoms with Crippen LogP contribution in [0.25, 0.3) is 0 Å². The molecule has 1 fully saturated rings. The Hall–Kier alpha value is -0.870. The molecule has 1 aromatic rings. The van der Waals surface area contributed by atoms with Crippen LogP contribution in [0.4, 0.5) is 0 Å². The minimum Gasteiger partial charge on any atom is -0.314 e. The molecule has 4 nitrogen and oxygen atoms in total. The minimum absolute atomic E-state index is 0.594. The summed E-state index contributed by atoms with van der Waals surface area (Å²) < 4.78 is 2.11. The van der Waals surface area contributed by atoms with Gasteiger partial charge in [-0.2, -0.15) is 5.10 Å². The topological polar surface area (TPSA) is 33.1 Å². The standard InChI is InChI=1S/C15H28N4/c1-4-19-15(7-8-17-19)12-18-9-5-6-14(11-18)10-16-13(2)3/h7-8,13-14,16H,4-6,9-12H2,1-3H3. The van der Waals surface area contributed by atoms with Gasteiger partial charge in [-0.25, -0.2) is 0 Å². The number of nitrogens with zero attached hydrogens (tertiary/aromatic N) is 3. The van der Waals surface area contributed by atoms with E-state index in [1.165, 1.54) is 31.6 Å². The lowest BCUT2D eigenvalue weighted by Gasteiger charge is -2.33. The number of aryl methyl sites for hydroxylation is 1. The quantitative estimate of drug-likeness (QED) is 0.854. The second-order valence-electron chi connectivity index (χ2n) is 5.94. The van der Waals surface area contributed by atoms with Gasteiger partial charge in [0.05, 0.1) is 5.69 Å². The summed E-state index contributed by atoms with van der Waals surface area (Å²) >= 11 is 0. The number of aromatic nitrogens is 2. The van der Waals surface area contributed by atoms with E-state index in [-0.39, 0.29) is 0 Å². The molecule has 1 saturated heterocycles. The second-order valence-corrected chi connectivity index (χ2v) is 5.94. The molecule has 2 rings (SSSR count). The maximum Gasteiger partial charge on any atom is 0.0524 e. The molecule has 0 saturated carbocycles. The molecule has 0 amide bonds. The number of likely N-dealkylation sites (tertiary alicyclic amines) is 1. The van der Waals surface area contributed by atoms with Gasteiger partial charge in [0.1, 0.15) is 0 Å². The van der Waals surface area contributed by atoms with Crippen LogP contribution in [-0.2, 0) is 13.1 Å². The molecule has 0 aromatic carbocycles. The highest BCUT2D eigenvalue weighted by molar-refractivity contribution is 5.00. The lowest BCUT2D eigenvalue weighted by molar-refractivity contribution is 0.160. The summed E-state index contributed by atoms with van der Waals surface area (Å²) in [5, 5.41) is 7.93. The molecule has 19 heavy (non-hydrogen) atoms. The maximum atomic E-state index is 4.36. The van der Waals surface area contributed by atoms with Crippen LogP contribution in [0.15, 0.2) is 12.3 Å². The number of piperidine rings is 1. The van der Waals surface area contributed by atoms with Gasteiger partial charge < -0.3 is 5.32 Å². The van der Waals surface area contributed by atoms with Crippen LogP contribution in [0.2, 0.25) is 0 Å². The highest BCUT2D eigenvalue weighted by Gasteiger charge is 2.20. The fraction of sp³-hybridized carbons (Fsp3) is 0.800. The first-order valence-electron chi connectivity index (χ1n) is 7.65. The van der Waals surface area contributed by atoms with Crippen LogP contribution in [0.1, 0.15) is 39.3 Å². The van der Waals surface area contributed by atoms with E-state index in [2.05, 4.69) is 46.8 Å². The van der Waals surface area contributed by atoms with E-state index in [9.17, 15) is 0 Å². The van der Waals surface area contributed by atoms with E-state index >= 15 is 0 Å². The normalized spacial score (nSPS) is 21.2. The predicted molar refractivity (Wildman–Crippen MR) is 79.0 cm³/mol. The van der Waals surface area contributed by atoms with E-state index in [1.54, 1.807) is 0 Å². The first-order valence-corrected chi connectivity index (χ1v) is 7.65. The summed E-state index contributed by atoms with van der Waals surface area (Å²) in [6.07, 6.45) is 4.61. The van der Waals surface area contributed by atoms with E-state index < -0.39 is 0 Å². The molecule has 1 aliphatic rings. The molecule has 108 valence electrons. The highest BCUT2D eigenvalue weighted by atomic mass is 15.3. The van der Waals surface area contributed by atoms with Crippen molar-refractivity contribution in [3.05, 3.63) is 18.0 Å². The van der Waals surface area contributed by atoms with Crippen molar-refractivity contribution in [2.45, 2.75) is 52.7 Å². The molecule has 1 aliphatic heterocycles. The number of hydrogen-bond acceptors (Lipinski definition) is 3. The van der Waals surface area contributed by atoms with Crippen molar-refractivity contribution in [1.82, 2.24) is 20.0 Å². The fourth-order valence-electron chi connectivity index (χ4n) is 2.87. The predicted octanol–water partition coefficient (Wildman–Crippen LogP) is 2.11. The Balaban J connectivity index is 1.84. The van der Waals surface area contributed by atoms with Gasteiger partial charge in [-0.05, 0) is 44.8 Å². The molecule has 1 aromatic heterocycles. The Bertz CT molecular complexity index is 372. The number of hydrogen-bond donors (Lipinski definition) is 1. The van der Waals surface area contributed by atoms with Crippen LogP contribution in [0, 0.1) is 5.92 Å². The summed E-state index contributed by atoms with van der Waals surface area (Å²) in [6.45, 7) is 12.2. The van der Waals surface area contributed by atoms with Crippen molar-refractivity contribution in [1.29, 1.82) is 0 Å². The smallest absolute Gasteiger partial charge is 0.0524 e. The van der Waals surface area contributed by atoms with Crippen LogP contribution in [-0.4, -0.2) is 40.4 Å².